The molecule has 1 fully saturated rings. The summed E-state index contributed by atoms with van der Waals surface area (Å²) in [5.41, 5.74) is -0.494. The number of hydrogen-bond acceptors (Lipinski definition) is 17. The van der Waals surface area contributed by atoms with Crippen molar-refractivity contribution in [1.82, 2.24) is 30.6 Å². The highest BCUT2D eigenvalue weighted by Gasteiger charge is 2.56. The van der Waals surface area contributed by atoms with E-state index < -0.39 is 79.9 Å². The number of carbonyl (C=O) groups excluding carboxylic acids is 5. The van der Waals surface area contributed by atoms with Crippen LogP contribution >= 0.6 is 46.6 Å². The Bertz CT molecular complexity index is 3270. The normalized spacial score (nSPS) is 16.2. The van der Waals surface area contributed by atoms with E-state index in [1.165, 1.54) is 59.4 Å². The van der Waals surface area contributed by atoms with Crippen LogP contribution in [0.15, 0.2) is 184 Å². The summed E-state index contributed by atoms with van der Waals surface area (Å²) in [5, 5.41) is 22.4. The van der Waals surface area contributed by atoms with E-state index in [0.29, 0.717) is 21.1 Å². The molecule has 7 aromatic rings. The first-order chi connectivity index (χ1) is 38.7. The monoisotopic (exact) mass is 1160 g/mol. The highest BCUT2D eigenvalue weighted by atomic mass is 32.2. The molecule has 21 heteroatoms. The van der Waals surface area contributed by atoms with Gasteiger partial charge in [-0.1, -0.05) is 169 Å². The van der Waals surface area contributed by atoms with Crippen LogP contribution in [0.3, 0.4) is 0 Å². The molecule has 0 aliphatic carbocycles. The molecule has 3 atom stereocenters. The zero-order chi connectivity index (χ0) is 57.5. The summed E-state index contributed by atoms with van der Waals surface area (Å²) in [6.45, 7) is 13.1. The number of β-lactam (4-membered cyclic amide) rings is 1. The van der Waals surface area contributed by atoms with Crippen molar-refractivity contribution >= 4 is 87.3 Å². The summed E-state index contributed by atoms with van der Waals surface area (Å²) in [5.74, 6) is -2.83. The lowest BCUT2D eigenvalue weighted by Crippen LogP contribution is -2.71. The first-order valence-electron chi connectivity index (χ1n) is 25.8. The van der Waals surface area contributed by atoms with E-state index in [2.05, 4.69) is 72.6 Å². The number of oxime groups is 1. The molecular weight excluding hydrogens is 1100 g/mol. The number of esters is 2. The first kappa shape index (κ1) is 58.0. The second kappa shape index (κ2) is 24.6. The Morgan fingerprint density at radius 2 is 1.26 bits per heavy atom. The standard InChI is InChI=1S/C60H60N8O9S4/c1-57(2,3)75-53(72)59(7,8)77-66-45(42-35-79-55(62-42)64-56(73)76-58(4,5)6)49(69)63-46-50(70)68-47(52(71)74-48(37-24-14-9-15-25-37)38-26-16-10-17-27-38)43(36-78-51(46)68)80-54(81-44-34-61-67-65-44)60(39-28-18-11-19-29-39,40-30-20-12-21-31-40)41-32-22-13-23-33-41/h9-35,46,48,51,54H,36H2,1-8H3,(H,63,69)(H,61,65,67)(H,62,64,73)/t46-,51+,54?/m1/s1. The number of aromatic nitrogens is 4. The third kappa shape index (κ3) is 13.4. The van der Waals surface area contributed by atoms with Crippen molar-refractivity contribution in [3.63, 3.8) is 0 Å². The molecule has 0 bridgehead atoms. The lowest BCUT2D eigenvalue weighted by atomic mass is 9.70. The van der Waals surface area contributed by atoms with Gasteiger partial charge in [0.05, 0.1) is 16.2 Å². The predicted molar refractivity (Wildman–Crippen MR) is 315 cm³/mol. The molecule has 81 heavy (non-hydrogen) atoms. The molecule has 3 amide bonds. The van der Waals surface area contributed by atoms with Gasteiger partial charge >= 0.3 is 18.0 Å². The van der Waals surface area contributed by atoms with Crippen molar-refractivity contribution in [1.29, 1.82) is 0 Å². The van der Waals surface area contributed by atoms with Gasteiger partial charge in [0.1, 0.15) is 39.0 Å². The van der Waals surface area contributed by atoms with Crippen molar-refractivity contribution in [2.45, 2.75) is 105 Å². The van der Waals surface area contributed by atoms with Crippen LogP contribution in [0.4, 0.5) is 9.93 Å². The Morgan fingerprint density at radius 1 is 0.728 bits per heavy atom. The summed E-state index contributed by atoms with van der Waals surface area (Å²) in [6, 6.07) is 48.0. The van der Waals surface area contributed by atoms with Gasteiger partial charge in [0.2, 0.25) is 5.60 Å². The Balaban J connectivity index is 1.13. The Hall–Kier alpha value is -7.72. The van der Waals surface area contributed by atoms with Crippen LogP contribution in [0.25, 0.3) is 0 Å². The Labute approximate surface area is 486 Å². The summed E-state index contributed by atoms with van der Waals surface area (Å²) < 4.78 is 17.1. The number of benzene rings is 5. The molecule has 0 spiro atoms. The lowest BCUT2D eigenvalue weighted by molar-refractivity contribution is -0.179. The van der Waals surface area contributed by atoms with Gasteiger partial charge in [0.25, 0.3) is 11.8 Å². The predicted octanol–water partition coefficient (Wildman–Crippen LogP) is 11.3. The largest absolute Gasteiger partial charge is 0.457 e. The molecule has 2 aromatic heterocycles. The first-order valence-corrected chi connectivity index (χ1v) is 29.5. The summed E-state index contributed by atoms with van der Waals surface area (Å²) in [7, 11) is 0. The van der Waals surface area contributed by atoms with E-state index >= 15 is 9.59 Å². The molecule has 2 aliphatic heterocycles. The van der Waals surface area contributed by atoms with Crippen molar-refractivity contribution in [3.05, 3.63) is 207 Å². The maximum atomic E-state index is 15.6. The zero-order valence-corrected chi connectivity index (χ0v) is 48.9. The smallest absolute Gasteiger partial charge is 0.413 e. The van der Waals surface area contributed by atoms with Crippen LogP contribution in [0.5, 0.6) is 0 Å². The fraction of sp³-hybridized carbons (Fsp3) is 0.283. The molecule has 9 rings (SSSR count). The molecule has 5 aromatic carbocycles. The second-order valence-electron chi connectivity index (χ2n) is 21.2. The molecule has 1 saturated heterocycles. The number of nitrogens with one attached hydrogen (secondary N) is 3. The quantitative estimate of drug-likeness (QED) is 0.0100. The van der Waals surface area contributed by atoms with E-state index in [9.17, 15) is 14.4 Å². The zero-order valence-electron chi connectivity index (χ0n) is 45.6. The Morgan fingerprint density at radius 3 is 1.77 bits per heavy atom. The number of rotatable bonds is 19. The number of fused-ring (bicyclic) bond motifs is 1. The highest BCUT2D eigenvalue weighted by Crippen LogP contribution is 2.56. The number of hydrogen-bond donors (Lipinski definition) is 3. The van der Waals surface area contributed by atoms with Crippen molar-refractivity contribution < 1.29 is 43.0 Å². The number of aromatic amines is 1. The highest BCUT2D eigenvalue weighted by molar-refractivity contribution is 8.19. The number of carbonyl (C=O) groups is 5. The topological polar surface area (TPSA) is 216 Å². The van der Waals surface area contributed by atoms with E-state index in [0.717, 1.165) is 28.0 Å². The van der Waals surface area contributed by atoms with Gasteiger partial charge in [-0.3, -0.25) is 19.8 Å². The lowest BCUT2D eigenvalue weighted by Gasteiger charge is -2.50. The molecule has 2 aliphatic rings. The third-order valence-corrected chi connectivity index (χ3v) is 17.6. The SMILES string of the molecule is CC(C)(C)OC(=O)Nc1nc(C(=NOC(C)(C)C(=O)OC(C)(C)C)C(=O)N[C@@H]2C(=O)N3C(C(=O)OC(c4ccccc4)c4ccccc4)=C(SC(Sc4cn[nH]n4)C(c4ccccc4)(c4ccccc4)c4ccccc4)CS[C@@H]23)cs1. The molecule has 17 nitrogen and oxygen atoms in total. The average molecular weight is 1170 g/mol. The van der Waals surface area contributed by atoms with Gasteiger partial charge in [-0.2, -0.15) is 10.3 Å². The molecular formula is C60H60N8O9S4. The van der Waals surface area contributed by atoms with Gasteiger partial charge in [0.15, 0.2) is 16.9 Å². The number of ether oxygens (including phenoxy) is 3. The molecule has 0 radical (unpaired) electrons. The summed E-state index contributed by atoms with van der Waals surface area (Å²) in [4.78, 5) is 83.8. The number of nitrogens with zero attached hydrogens (tertiary/aromatic N) is 5. The molecule has 1 unspecified atom stereocenters. The van der Waals surface area contributed by atoms with E-state index in [1.807, 2.05) is 115 Å². The minimum absolute atomic E-state index is 0.0126. The van der Waals surface area contributed by atoms with E-state index in [4.69, 9.17) is 19.0 Å². The molecule has 3 N–H and O–H groups in total. The number of thioether (sulfide) groups is 3. The summed E-state index contributed by atoms with van der Waals surface area (Å²) >= 11 is 5.23. The van der Waals surface area contributed by atoms with Crippen LogP contribution in [-0.2, 0) is 43.6 Å². The minimum Gasteiger partial charge on any atom is -0.457 e. The van der Waals surface area contributed by atoms with Gasteiger partial charge in [-0.15, -0.1) is 40.0 Å². The number of amides is 3. The van der Waals surface area contributed by atoms with Gasteiger partial charge in [-0.05, 0) is 83.2 Å². The average Bonchev–Trinajstić information content (AvgIpc) is 4.20. The molecule has 4 heterocycles. The van der Waals surface area contributed by atoms with Crippen molar-refractivity contribution in [2.75, 3.05) is 11.1 Å². The number of H-pyrrole nitrogens is 1. The number of anilines is 1. The number of thiazole rings is 1. The summed E-state index contributed by atoms with van der Waals surface area (Å²) in [6.07, 6.45) is -0.0100. The third-order valence-electron chi connectivity index (χ3n) is 12.6. The van der Waals surface area contributed by atoms with Crippen LogP contribution in [0.1, 0.15) is 95.0 Å². The fourth-order valence-corrected chi connectivity index (χ4v) is 14.3. The van der Waals surface area contributed by atoms with Crippen molar-refractivity contribution in [2.24, 2.45) is 5.16 Å². The molecule has 0 saturated carbocycles. The van der Waals surface area contributed by atoms with Crippen LogP contribution < -0.4 is 10.6 Å². The molecule has 418 valence electrons. The van der Waals surface area contributed by atoms with Gasteiger partial charge in [0, 0.05) is 16.0 Å². The van der Waals surface area contributed by atoms with E-state index in [1.54, 1.807) is 47.7 Å². The van der Waals surface area contributed by atoms with Crippen LogP contribution in [0.2, 0.25) is 0 Å². The maximum Gasteiger partial charge on any atom is 0.413 e. The van der Waals surface area contributed by atoms with E-state index in [-0.39, 0.29) is 22.3 Å². The minimum atomic E-state index is -1.71. The Kier molecular flexibility index (Phi) is 17.6. The second-order valence-corrected chi connectivity index (χ2v) is 25.8. The van der Waals surface area contributed by atoms with Crippen molar-refractivity contribution in [3.8, 4) is 0 Å². The van der Waals surface area contributed by atoms with Gasteiger partial charge in [-0.25, -0.2) is 19.4 Å². The van der Waals surface area contributed by atoms with Gasteiger partial charge < -0.3 is 24.4 Å². The van der Waals surface area contributed by atoms with Crippen LogP contribution in [-0.4, -0.2) is 99.4 Å². The van der Waals surface area contributed by atoms with Crippen LogP contribution in [0, 0.1) is 0 Å². The fourth-order valence-electron chi connectivity index (χ4n) is 8.96. The maximum absolute atomic E-state index is 15.6.